The highest BCUT2D eigenvalue weighted by molar-refractivity contribution is 4.93. The number of nitrogens with one attached hydrogen (secondary N) is 1. The Labute approximate surface area is 74.1 Å². The van der Waals surface area contributed by atoms with Crippen LogP contribution in [0, 0.1) is 0 Å². The van der Waals surface area contributed by atoms with Gasteiger partial charge in [0, 0.05) is 12.1 Å². The first kappa shape index (κ1) is 8.48. The summed E-state index contributed by atoms with van der Waals surface area (Å²) in [5, 5.41) is 3.62. The Balaban J connectivity index is 1.84. The summed E-state index contributed by atoms with van der Waals surface area (Å²) in [5.74, 6) is 0. The van der Waals surface area contributed by atoms with E-state index in [9.17, 15) is 0 Å². The van der Waals surface area contributed by atoms with Crippen molar-refractivity contribution in [1.82, 2.24) is 10.2 Å². The molecule has 0 aromatic rings. The molecule has 0 aromatic heterocycles. The maximum absolute atomic E-state index is 5.46. The molecule has 1 aliphatic carbocycles. The highest BCUT2D eigenvalue weighted by Gasteiger charge is 2.34. The maximum atomic E-state index is 5.46. The van der Waals surface area contributed by atoms with E-state index in [1.807, 2.05) is 0 Å². The zero-order valence-electron chi connectivity index (χ0n) is 7.92. The molecule has 0 spiro atoms. The third-order valence-electron chi connectivity index (χ3n) is 2.74. The van der Waals surface area contributed by atoms with E-state index >= 15 is 0 Å². The van der Waals surface area contributed by atoms with Crippen LogP contribution in [-0.2, 0) is 4.74 Å². The molecule has 1 saturated carbocycles. The fraction of sp³-hybridized carbons (Fsp3) is 1.00. The average Bonchev–Trinajstić information content (AvgIpc) is 2.66. The summed E-state index contributed by atoms with van der Waals surface area (Å²) in [6.45, 7) is 1.77. The van der Waals surface area contributed by atoms with Crippen LogP contribution < -0.4 is 5.32 Å². The zero-order valence-corrected chi connectivity index (χ0v) is 7.92. The molecule has 1 saturated heterocycles. The van der Waals surface area contributed by atoms with Gasteiger partial charge in [0.1, 0.15) is 0 Å². The van der Waals surface area contributed by atoms with Gasteiger partial charge in [0.2, 0.25) is 0 Å². The van der Waals surface area contributed by atoms with Gasteiger partial charge in [-0.05, 0) is 26.9 Å². The minimum Gasteiger partial charge on any atom is -0.378 e. The summed E-state index contributed by atoms with van der Waals surface area (Å²) < 4.78 is 5.46. The van der Waals surface area contributed by atoms with E-state index < -0.39 is 0 Å². The Kier molecular flexibility index (Phi) is 2.35. The van der Waals surface area contributed by atoms with Gasteiger partial charge in [-0.25, -0.2) is 0 Å². The first-order chi connectivity index (χ1) is 5.77. The van der Waals surface area contributed by atoms with Crippen LogP contribution in [0.15, 0.2) is 0 Å². The molecule has 1 N–H and O–H groups in total. The zero-order chi connectivity index (χ0) is 8.55. The van der Waals surface area contributed by atoms with E-state index in [4.69, 9.17) is 4.74 Å². The van der Waals surface area contributed by atoms with E-state index in [-0.39, 0.29) is 0 Å². The Morgan fingerprint density at radius 3 is 2.58 bits per heavy atom. The molecule has 0 unspecified atom stereocenters. The van der Waals surface area contributed by atoms with E-state index in [0.717, 1.165) is 19.3 Å². The van der Waals surface area contributed by atoms with Gasteiger partial charge in [0.05, 0.1) is 19.3 Å². The molecule has 0 bridgehead atoms. The summed E-state index contributed by atoms with van der Waals surface area (Å²) >= 11 is 0. The second-order valence-electron chi connectivity index (χ2n) is 4.12. The molecule has 3 nitrogen and oxygen atoms in total. The standard InChI is InChI=1S/C9H18N2O/c1-11(2)9-6-12-5-8(9)10-7-3-4-7/h7-10H,3-6H2,1-2H3/t8-,9+/m0/s1. The fourth-order valence-corrected chi connectivity index (χ4v) is 1.76. The molecule has 0 amide bonds. The predicted octanol–water partition coefficient (Wildman–Crippen LogP) is 0.0674. The van der Waals surface area contributed by atoms with Crippen molar-refractivity contribution < 1.29 is 4.74 Å². The van der Waals surface area contributed by atoms with Crippen LogP contribution in [0.3, 0.4) is 0 Å². The van der Waals surface area contributed by atoms with Gasteiger partial charge in [-0.3, -0.25) is 0 Å². The van der Waals surface area contributed by atoms with Crippen molar-refractivity contribution in [3.8, 4) is 0 Å². The van der Waals surface area contributed by atoms with Gasteiger partial charge >= 0.3 is 0 Å². The summed E-state index contributed by atoms with van der Waals surface area (Å²) in [6, 6.07) is 1.93. The third-order valence-corrected chi connectivity index (χ3v) is 2.74. The van der Waals surface area contributed by atoms with E-state index in [0.29, 0.717) is 12.1 Å². The highest BCUT2D eigenvalue weighted by atomic mass is 16.5. The number of hydrogen-bond acceptors (Lipinski definition) is 3. The molecule has 12 heavy (non-hydrogen) atoms. The van der Waals surface area contributed by atoms with Crippen LogP contribution in [0.25, 0.3) is 0 Å². The highest BCUT2D eigenvalue weighted by Crippen LogP contribution is 2.22. The number of nitrogens with zero attached hydrogens (tertiary/aromatic N) is 1. The number of rotatable bonds is 3. The normalized spacial score (nSPS) is 36.2. The van der Waals surface area contributed by atoms with Crippen LogP contribution in [0.4, 0.5) is 0 Å². The lowest BCUT2D eigenvalue weighted by atomic mass is 10.1. The SMILES string of the molecule is CN(C)[C@@H]1COC[C@@H]1NC1CC1. The molecule has 70 valence electrons. The van der Waals surface area contributed by atoms with Gasteiger partial charge in [0.15, 0.2) is 0 Å². The molecule has 0 aromatic carbocycles. The lowest BCUT2D eigenvalue weighted by Gasteiger charge is -2.24. The number of likely N-dealkylation sites (N-methyl/N-ethyl adjacent to an activating group) is 1. The second kappa shape index (κ2) is 3.32. The Hall–Kier alpha value is -0.120. The molecule has 2 rings (SSSR count). The summed E-state index contributed by atoms with van der Waals surface area (Å²) in [4.78, 5) is 2.26. The number of ether oxygens (including phenoxy) is 1. The molecule has 2 atom stereocenters. The van der Waals surface area contributed by atoms with Crippen molar-refractivity contribution in [1.29, 1.82) is 0 Å². The quantitative estimate of drug-likeness (QED) is 0.648. The fourth-order valence-electron chi connectivity index (χ4n) is 1.76. The smallest absolute Gasteiger partial charge is 0.0638 e. The van der Waals surface area contributed by atoms with Crippen molar-refractivity contribution in [3.63, 3.8) is 0 Å². The topological polar surface area (TPSA) is 24.5 Å². The molecule has 3 heteroatoms. The number of hydrogen-bond donors (Lipinski definition) is 1. The average molecular weight is 170 g/mol. The van der Waals surface area contributed by atoms with Crippen LogP contribution in [0.5, 0.6) is 0 Å². The minimum absolute atomic E-state index is 0.562. The van der Waals surface area contributed by atoms with Gasteiger partial charge in [0.25, 0.3) is 0 Å². The minimum atomic E-state index is 0.562. The Morgan fingerprint density at radius 1 is 1.25 bits per heavy atom. The summed E-state index contributed by atoms with van der Waals surface area (Å²) in [7, 11) is 4.25. The van der Waals surface area contributed by atoms with Crippen molar-refractivity contribution in [2.75, 3.05) is 27.3 Å². The summed E-state index contributed by atoms with van der Waals surface area (Å²) in [6.07, 6.45) is 2.72. The Bertz CT molecular complexity index is 157. The molecule has 0 radical (unpaired) electrons. The maximum Gasteiger partial charge on any atom is 0.0638 e. The largest absolute Gasteiger partial charge is 0.378 e. The second-order valence-corrected chi connectivity index (χ2v) is 4.12. The molecule has 1 heterocycles. The van der Waals surface area contributed by atoms with Crippen molar-refractivity contribution in [3.05, 3.63) is 0 Å². The lowest BCUT2D eigenvalue weighted by Crippen LogP contribution is -2.47. The monoisotopic (exact) mass is 170 g/mol. The molecular formula is C9H18N2O. The van der Waals surface area contributed by atoms with Crippen molar-refractivity contribution >= 4 is 0 Å². The van der Waals surface area contributed by atoms with Gasteiger partial charge < -0.3 is 15.0 Å². The first-order valence-electron chi connectivity index (χ1n) is 4.77. The first-order valence-corrected chi connectivity index (χ1v) is 4.77. The third kappa shape index (κ3) is 1.79. The van der Waals surface area contributed by atoms with Gasteiger partial charge in [-0.1, -0.05) is 0 Å². The van der Waals surface area contributed by atoms with E-state index in [1.165, 1.54) is 12.8 Å². The van der Waals surface area contributed by atoms with Crippen LogP contribution in [0.1, 0.15) is 12.8 Å². The molecule has 2 fully saturated rings. The van der Waals surface area contributed by atoms with Crippen LogP contribution >= 0.6 is 0 Å². The predicted molar refractivity (Wildman–Crippen MR) is 48.2 cm³/mol. The van der Waals surface area contributed by atoms with E-state index in [2.05, 4.69) is 24.3 Å². The van der Waals surface area contributed by atoms with Crippen molar-refractivity contribution in [2.45, 2.75) is 31.0 Å². The van der Waals surface area contributed by atoms with Crippen molar-refractivity contribution in [2.24, 2.45) is 0 Å². The van der Waals surface area contributed by atoms with Crippen LogP contribution in [-0.4, -0.2) is 50.3 Å². The molecule has 2 aliphatic rings. The van der Waals surface area contributed by atoms with E-state index in [1.54, 1.807) is 0 Å². The Morgan fingerprint density at radius 2 is 2.00 bits per heavy atom. The molecular weight excluding hydrogens is 152 g/mol. The van der Waals surface area contributed by atoms with Gasteiger partial charge in [-0.2, -0.15) is 0 Å². The van der Waals surface area contributed by atoms with Gasteiger partial charge in [-0.15, -0.1) is 0 Å². The molecule has 1 aliphatic heterocycles. The summed E-state index contributed by atoms with van der Waals surface area (Å²) in [5.41, 5.74) is 0. The lowest BCUT2D eigenvalue weighted by molar-refractivity contribution is 0.169. The van der Waals surface area contributed by atoms with Crippen LogP contribution in [0.2, 0.25) is 0 Å².